The quantitative estimate of drug-likeness (QED) is 0.824. The first-order valence-electron chi connectivity index (χ1n) is 9.84. The first-order valence-corrected chi connectivity index (χ1v) is 9.84. The lowest BCUT2D eigenvalue weighted by molar-refractivity contribution is -0.134. The number of piperidine rings is 1. The van der Waals surface area contributed by atoms with Crippen molar-refractivity contribution in [2.45, 2.75) is 69.4 Å². The maximum absolute atomic E-state index is 12.8. The fourth-order valence-corrected chi connectivity index (χ4v) is 4.68. The van der Waals surface area contributed by atoms with E-state index in [2.05, 4.69) is 14.9 Å². The molecule has 3 N–H and O–H groups in total. The third-order valence-corrected chi connectivity index (χ3v) is 6.03. The molecule has 1 saturated heterocycles. The molecular weight excluding hydrogens is 314 g/mol. The number of likely N-dealkylation sites (tertiary alicyclic amines) is 1. The van der Waals surface area contributed by atoms with Crippen LogP contribution in [0.3, 0.4) is 0 Å². The Morgan fingerprint density at radius 3 is 2.60 bits per heavy atom. The van der Waals surface area contributed by atoms with Crippen LogP contribution in [0, 0.1) is 0 Å². The standard InChI is InChI=1S/C19H33N5O/c1-23(18(25)17(20)12-16-13-21-15-22-16)14-19(8-4-2-5-9-19)24-10-6-3-7-11-24/h13,15,17H,2-12,14,20H2,1H3,(H,21,22)/t17-/m0/s1. The second kappa shape index (κ2) is 8.32. The molecule has 2 aliphatic rings. The van der Waals surface area contributed by atoms with E-state index >= 15 is 0 Å². The molecular formula is C19H33N5O. The molecule has 2 fully saturated rings. The molecule has 25 heavy (non-hydrogen) atoms. The van der Waals surface area contributed by atoms with Crippen LogP contribution in [0.25, 0.3) is 0 Å². The van der Waals surface area contributed by atoms with Gasteiger partial charge < -0.3 is 15.6 Å². The molecule has 3 rings (SSSR count). The van der Waals surface area contributed by atoms with Crippen LogP contribution in [0.15, 0.2) is 12.5 Å². The summed E-state index contributed by atoms with van der Waals surface area (Å²) in [7, 11) is 1.93. The monoisotopic (exact) mass is 347 g/mol. The van der Waals surface area contributed by atoms with Gasteiger partial charge in [0, 0.05) is 37.4 Å². The molecule has 2 heterocycles. The molecule has 0 spiro atoms. The van der Waals surface area contributed by atoms with Crippen molar-refractivity contribution in [2.75, 3.05) is 26.7 Å². The highest BCUT2D eigenvalue weighted by molar-refractivity contribution is 5.81. The molecule has 1 atom stereocenters. The van der Waals surface area contributed by atoms with Gasteiger partial charge in [0.1, 0.15) is 0 Å². The fraction of sp³-hybridized carbons (Fsp3) is 0.789. The van der Waals surface area contributed by atoms with Crippen molar-refractivity contribution < 1.29 is 4.79 Å². The number of nitrogens with zero attached hydrogens (tertiary/aromatic N) is 3. The molecule has 1 aromatic heterocycles. The number of rotatable bonds is 6. The van der Waals surface area contributed by atoms with E-state index in [4.69, 9.17) is 5.73 Å². The van der Waals surface area contributed by atoms with E-state index in [0.29, 0.717) is 6.42 Å². The van der Waals surface area contributed by atoms with Crippen LogP contribution in [0.2, 0.25) is 0 Å². The van der Waals surface area contributed by atoms with Crippen LogP contribution in [0.4, 0.5) is 0 Å². The van der Waals surface area contributed by atoms with E-state index in [-0.39, 0.29) is 11.4 Å². The minimum atomic E-state index is -0.507. The number of amides is 1. The summed E-state index contributed by atoms with van der Waals surface area (Å²) in [5, 5.41) is 0. The van der Waals surface area contributed by atoms with Crippen molar-refractivity contribution in [1.82, 2.24) is 19.8 Å². The highest BCUT2D eigenvalue weighted by Crippen LogP contribution is 2.36. The zero-order valence-electron chi connectivity index (χ0n) is 15.5. The summed E-state index contributed by atoms with van der Waals surface area (Å²) in [6.45, 7) is 3.17. The number of aromatic nitrogens is 2. The predicted octanol–water partition coefficient (Wildman–Crippen LogP) is 1.93. The number of carbonyl (C=O) groups excluding carboxylic acids is 1. The Balaban J connectivity index is 1.64. The lowest BCUT2D eigenvalue weighted by atomic mass is 9.78. The van der Waals surface area contributed by atoms with E-state index in [1.165, 1.54) is 64.5 Å². The third-order valence-electron chi connectivity index (χ3n) is 6.03. The number of carbonyl (C=O) groups is 1. The van der Waals surface area contributed by atoms with Gasteiger partial charge >= 0.3 is 0 Å². The number of imidazole rings is 1. The molecule has 6 nitrogen and oxygen atoms in total. The van der Waals surface area contributed by atoms with Crippen LogP contribution in [-0.2, 0) is 11.2 Å². The van der Waals surface area contributed by atoms with Gasteiger partial charge in [-0.3, -0.25) is 9.69 Å². The van der Waals surface area contributed by atoms with E-state index in [1.807, 2.05) is 11.9 Å². The van der Waals surface area contributed by atoms with Gasteiger partial charge in [0.2, 0.25) is 5.91 Å². The lowest BCUT2D eigenvalue weighted by Crippen LogP contribution is -2.59. The summed E-state index contributed by atoms with van der Waals surface area (Å²) in [5.41, 5.74) is 7.26. The summed E-state index contributed by atoms with van der Waals surface area (Å²) < 4.78 is 0. The molecule has 1 aliphatic heterocycles. The molecule has 1 amide bonds. The van der Waals surface area contributed by atoms with E-state index in [9.17, 15) is 4.79 Å². The summed E-state index contributed by atoms with van der Waals surface area (Å²) in [5.74, 6) is 0.0385. The number of nitrogens with one attached hydrogen (secondary N) is 1. The second-order valence-electron chi connectivity index (χ2n) is 7.91. The Hall–Kier alpha value is -1.40. The van der Waals surface area contributed by atoms with Crippen LogP contribution in [-0.4, -0.2) is 63.9 Å². The summed E-state index contributed by atoms with van der Waals surface area (Å²) in [6.07, 6.45) is 14.1. The van der Waals surface area contributed by atoms with Crippen LogP contribution < -0.4 is 5.73 Å². The molecule has 1 aliphatic carbocycles. The fourth-order valence-electron chi connectivity index (χ4n) is 4.68. The van der Waals surface area contributed by atoms with E-state index < -0.39 is 6.04 Å². The Labute approximate surface area is 151 Å². The SMILES string of the molecule is CN(CC1(N2CCCCC2)CCCCC1)C(=O)[C@@H](N)Cc1cnc[nH]1. The predicted molar refractivity (Wildman–Crippen MR) is 99.1 cm³/mol. The van der Waals surface area contributed by atoms with E-state index in [0.717, 1.165) is 12.2 Å². The molecule has 1 saturated carbocycles. The Morgan fingerprint density at radius 1 is 1.28 bits per heavy atom. The summed E-state index contributed by atoms with van der Waals surface area (Å²) in [4.78, 5) is 24.4. The zero-order valence-corrected chi connectivity index (χ0v) is 15.5. The van der Waals surface area contributed by atoms with Gasteiger partial charge in [-0.15, -0.1) is 0 Å². The molecule has 0 radical (unpaired) electrons. The minimum Gasteiger partial charge on any atom is -0.348 e. The first-order chi connectivity index (χ1) is 12.1. The Kier molecular flexibility index (Phi) is 6.12. The number of aromatic amines is 1. The Bertz CT molecular complexity index is 532. The van der Waals surface area contributed by atoms with Crippen molar-refractivity contribution in [3.8, 4) is 0 Å². The number of hydrogen-bond acceptors (Lipinski definition) is 4. The molecule has 140 valence electrons. The van der Waals surface area contributed by atoms with Crippen LogP contribution in [0.1, 0.15) is 57.1 Å². The Morgan fingerprint density at radius 2 is 1.96 bits per heavy atom. The van der Waals surface area contributed by atoms with Gasteiger partial charge in [-0.25, -0.2) is 4.98 Å². The summed E-state index contributed by atoms with van der Waals surface area (Å²) in [6, 6.07) is -0.507. The molecule has 0 bridgehead atoms. The largest absolute Gasteiger partial charge is 0.348 e. The van der Waals surface area contributed by atoms with E-state index in [1.54, 1.807) is 12.5 Å². The van der Waals surface area contributed by atoms with Gasteiger partial charge in [-0.1, -0.05) is 25.7 Å². The highest BCUT2D eigenvalue weighted by Gasteiger charge is 2.40. The van der Waals surface area contributed by atoms with Crippen molar-refractivity contribution in [3.63, 3.8) is 0 Å². The number of hydrogen-bond donors (Lipinski definition) is 2. The van der Waals surface area contributed by atoms with Crippen molar-refractivity contribution in [2.24, 2.45) is 5.73 Å². The van der Waals surface area contributed by atoms with Crippen LogP contribution in [0.5, 0.6) is 0 Å². The molecule has 6 heteroatoms. The van der Waals surface area contributed by atoms with Crippen molar-refractivity contribution in [3.05, 3.63) is 18.2 Å². The zero-order chi connectivity index (χ0) is 17.7. The molecule has 0 aromatic carbocycles. The second-order valence-corrected chi connectivity index (χ2v) is 7.91. The maximum atomic E-state index is 12.8. The lowest BCUT2D eigenvalue weighted by Gasteiger charge is -2.50. The van der Waals surface area contributed by atoms with Crippen LogP contribution >= 0.6 is 0 Å². The van der Waals surface area contributed by atoms with Gasteiger partial charge in [0.15, 0.2) is 0 Å². The van der Waals surface area contributed by atoms with Gasteiger partial charge in [-0.2, -0.15) is 0 Å². The topological polar surface area (TPSA) is 78.2 Å². The molecule has 0 unspecified atom stereocenters. The van der Waals surface area contributed by atoms with Crippen molar-refractivity contribution >= 4 is 5.91 Å². The number of H-pyrrole nitrogens is 1. The van der Waals surface area contributed by atoms with Crippen molar-refractivity contribution in [1.29, 1.82) is 0 Å². The number of nitrogens with two attached hydrogens (primary N) is 1. The average molecular weight is 348 g/mol. The first kappa shape index (κ1) is 18.4. The number of likely N-dealkylation sites (N-methyl/N-ethyl adjacent to an activating group) is 1. The average Bonchev–Trinajstić information content (AvgIpc) is 3.15. The minimum absolute atomic E-state index is 0.0385. The molecule has 1 aromatic rings. The highest BCUT2D eigenvalue weighted by atomic mass is 16.2. The van der Waals surface area contributed by atoms with Gasteiger partial charge in [-0.05, 0) is 38.8 Å². The van der Waals surface area contributed by atoms with Gasteiger partial charge in [0.05, 0.1) is 12.4 Å². The van der Waals surface area contributed by atoms with Gasteiger partial charge in [0.25, 0.3) is 0 Å². The summed E-state index contributed by atoms with van der Waals surface area (Å²) >= 11 is 0. The smallest absolute Gasteiger partial charge is 0.239 e. The third kappa shape index (κ3) is 4.42. The normalized spacial score (nSPS) is 22.5. The maximum Gasteiger partial charge on any atom is 0.239 e.